The van der Waals surface area contributed by atoms with E-state index in [1.165, 1.54) is 14.0 Å². The molecule has 1 saturated heterocycles. The van der Waals surface area contributed by atoms with Crippen LogP contribution in [0.1, 0.15) is 30.2 Å². The molecule has 7 nitrogen and oxygen atoms in total. The van der Waals surface area contributed by atoms with Crippen molar-refractivity contribution < 1.29 is 17.2 Å². The van der Waals surface area contributed by atoms with Crippen LogP contribution in [0.4, 0.5) is 8.78 Å². The van der Waals surface area contributed by atoms with Gasteiger partial charge < -0.3 is 5.32 Å². The summed E-state index contributed by atoms with van der Waals surface area (Å²) in [6.07, 6.45) is 1.64. The van der Waals surface area contributed by atoms with Gasteiger partial charge in [0.05, 0.1) is 17.3 Å². The minimum absolute atomic E-state index is 0.168. The second-order valence-electron chi connectivity index (χ2n) is 7.47. The van der Waals surface area contributed by atoms with Gasteiger partial charge in [0.15, 0.2) is 0 Å². The molecule has 0 unspecified atom stereocenters. The van der Waals surface area contributed by atoms with Gasteiger partial charge in [0.2, 0.25) is 16.0 Å². The zero-order valence-electron chi connectivity index (χ0n) is 16.6. The Bertz CT molecular complexity index is 1270. The molecular formula is C20H21F2N5O2S. The van der Waals surface area contributed by atoms with Gasteiger partial charge in [-0.25, -0.2) is 21.5 Å². The number of benzene rings is 2. The van der Waals surface area contributed by atoms with E-state index in [0.717, 1.165) is 33.4 Å². The number of nitrogens with zero attached hydrogens (tertiary/aromatic N) is 3. The molecule has 1 fully saturated rings. The molecule has 2 N–H and O–H groups in total. The maximum Gasteiger partial charge on any atom is 0.246 e. The van der Waals surface area contributed by atoms with Gasteiger partial charge in [-0.1, -0.05) is 6.07 Å². The topological polar surface area (TPSA) is 91.1 Å². The van der Waals surface area contributed by atoms with E-state index in [1.54, 1.807) is 29.1 Å². The van der Waals surface area contributed by atoms with Gasteiger partial charge in [0.25, 0.3) is 0 Å². The predicted molar refractivity (Wildman–Crippen MR) is 109 cm³/mol. The van der Waals surface area contributed by atoms with E-state index in [0.29, 0.717) is 12.1 Å². The molecule has 30 heavy (non-hydrogen) atoms. The monoisotopic (exact) mass is 433 g/mol. The molecule has 0 bridgehead atoms. The number of hydrogen-bond donors (Lipinski definition) is 2. The van der Waals surface area contributed by atoms with Crippen LogP contribution in [-0.4, -0.2) is 35.5 Å². The molecule has 0 amide bonds. The molecule has 2 aromatic carbocycles. The van der Waals surface area contributed by atoms with Gasteiger partial charge in [-0.15, -0.1) is 0 Å². The fourth-order valence-electron chi connectivity index (χ4n) is 4.10. The lowest BCUT2D eigenvalue weighted by molar-refractivity contribution is 0.343. The van der Waals surface area contributed by atoms with Crippen LogP contribution in [0.3, 0.4) is 0 Å². The molecule has 0 radical (unpaired) electrons. The molecule has 2 atom stereocenters. The summed E-state index contributed by atoms with van der Waals surface area (Å²) in [5, 5.41) is 14.6. The summed E-state index contributed by atoms with van der Waals surface area (Å²) in [6.45, 7) is 4.06. The Balaban J connectivity index is 1.99. The SMILES string of the molecule is CCn1ncc2cc([C@@H]3[C@@](C)(c4cc(F)ccc4F)NC(=N)N(C)S3(=O)=O)ccc21. The second-order valence-corrected chi connectivity index (χ2v) is 9.52. The van der Waals surface area contributed by atoms with Gasteiger partial charge in [-0.05, 0) is 49.7 Å². The van der Waals surface area contributed by atoms with Crippen LogP contribution in [0.5, 0.6) is 0 Å². The van der Waals surface area contributed by atoms with Crippen molar-refractivity contribution in [2.45, 2.75) is 31.2 Å². The Morgan fingerprint density at radius 3 is 2.67 bits per heavy atom. The van der Waals surface area contributed by atoms with Crippen molar-refractivity contribution in [3.63, 3.8) is 0 Å². The Hall–Kier alpha value is -3.01. The number of sulfonamides is 1. The summed E-state index contributed by atoms with van der Waals surface area (Å²) in [6, 6.07) is 8.00. The molecular weight excluding hydrogens is 412 g/mol. The highest BCUT2D eigenvalue weighted by Gasteiger charge is 2.53. The summed E-state index contributed by atoms with van der Waals surface area (Å²) in [4.78, 5) is 0. The van der Waals surface area contributed by atoms with Crippen LogP contribution in [0.2, 0.25) is 0 Å². The molecule has 1 aliphatic rings. The molecule has 1 aromatic heterocycles. The van der Waals surface area contributed by atoms with Gasteiger partial charge in [-0.3, -0.25) is 10.1 Å². The van der Waals surface area contributed by atoms with E-state index >= 15 is 0 Å². The van der Waals surface area contributed by atoms with Crippen LogP contribution in [0.15, 0.2) is 42.6 Å². The van der Waals surface area contributed by atoms with Crippen LogP contribution in [-0.2, 0) is 22.1 Å². The van der Waals surface area contributed by atoms with E-state index in [2.05, 4.69) is 10.4 Å². The number of fused-ring (bicyclic) bond motifs is 1. The third-order valence-electron chi connectivity index (χ3n) is 5.65. The predicted octanol–water partition coefficient (Wildman–Crippen LogP) is 3.09. The van der Waals surface area contributed by atoms with E-state index in [9.17, 15) is 17.2 Å². The number of nitrogens with one attached hydrogen (secondary N) is 2. The minimum Gasteiger partial charge on any atom is -0.345 e. The molecule has 10 heteroatoms. The van der Waals surface area contributed by atoms with Crippen molar-refractivity contribution >= 4 is 26.9 Å². The molecule has 3 aromatic rings. The van der Waals surface area contributed by atoms with Crippen molar-refractivity contribution in [1.82, 2.24) is 19.4 Å². The van der Waals surface area contributed by atoms with Crippen LogP contribution < -0.4 is 5.32 Å². The van der Waals surface area contributed by atoms with Crippen LogP contribution >= 0.6 is 0 Å². The van der Waals surface area contributed by atoms with Crippen molar-refractivity contribution in [2.24, 2.45) is 0 Å². The minimum atomic E-state index is -4.13. The Morgan fingerprint density at radius 1 is 1.23 bits per heavy atom. The number of guanidine groups is 1. The number of halogens is 2. The van der Waals surface area contributed by atoms with Gasteiger partial charge in [0.1, 0.15) is 16.9 Å². The zero-order valence-corrected chi connectivity index (χ0v) is 17.5. The third kappa shape index (κ3) is 2.85. The first kappa shape index (κ1) is 20.3. The Labute approximate surface area is 172 Å². The standard InChI is InChI=1S/C20H21F2N5O2S/c1-4-27-17-8-5-12(9-13(17)11-24-27)18-20(2,15-10-14(21)6-7-16(15)22)25-19(23)26(3)30(18,28)29/h5-11,18H,4H2,1-3H3,(H2,23,25)/t18-,20-/m1/s1. The molecule has 1 aliphatic heterocycles. The fourth-order valence-corrected chi connectivity index (χ4v) is 5.99. The van der Waals surface area contributed by atoms with Crippen molar-refractivity contribution in [2.75, 3.05) is 7.05 Å². The number of rotatable bonds is 3. The lowest BCUT2D eigenvalue weighted by atomic mass is 9.84. The van der Waals surface area contributed by atoms with E-state index in [1.807, 2.05) is 6.92 Å². The zero-order chi connectivity index (χ0) is 21.8. The second kappa shape index (κ2) is 6.76. The van der Waals surface area contributed by atoms with Crippen LogP contribution in [0, 0.1) is 17.0 Å². The summed E-state index contributed by atoms with van der Waals surface area (Å²) in [7, 11) is -2.87. The third-order valence-corrected chi connectivity index (χ3v) is 7.94. The summed E-state index contributed by atoms with van der Waals surface area (Å²) in [5.74, 6) is -1.88. The maximum absolute atomic E-state index is 14.8. The average molecular weight is 433 g/mol. The van der Waals surface area contributed by atoms with Crippen molar-refractivity contribution in [3.8, 4) is 0 Å². The maximum atomic E-state index is 14.8. The largest absolute Gasteiger partial charge is 0.345 e. The highest BCUT2D eigenvalue weighted by atomic mass is 32.2. The van der Waals surface area contributed by atoms with Gasteiger partial charge in [0, 0.05) is 24.5 Å². The van der Waals surface area contributed by atoms with E-state index < -0.39 is 38.4 Å². The fraction of sp³-hybridized carbons (Fsp3) is 0.300. The quantitative estimate of drug-likeness (QED) is 0.664. The Morgan fingerprint density at radius 2 is 1.97 bits per heavy atom. The number of hydrogen-bond acceptors (Lipinski definition) is 4. The highest BCUT2D eigenvalue weighted by Crippen LogP contribution is 2.46. The number of aromatic nitrogens is 2. The normalized spacial score (nSPS) is 23.6. The van der Waals surface area contributed by atoms with Crippen molar-refractivity contribution in [1.29, 1.82) is 5.41 Å². The summed E-state index contributed by atoms with van der Waals surface area (Å²) >= 11 is 0. The summed E-state index contributed by atoms with van der Waals surface area (Å²) < 4.78 is 58.2. The molecule has 0 aliphatic carbocycles. The van der Waals surface area contributed by atoms with Crippen molar-refractivity contribution in [3.05, 3.63) is 65.4 Å². The van der Waals surface area contributed by atoms with Crippen LogP contribution in [0.25, 0.3) is 10.9 Å². The lowest BCUT2D eigenvalue weighted by Crippen LogP contribution is -2.62. The summed E-state index contributed by atoms with van der Waals surface area (Å²) in [5.41, 5.74) is -0.570. The van der Waals surface area contributed by atoms with E-state index in [-0.39, 0.29) is 5.56 Å². The first-order valence-corrected chi connectivity index (χ1v) is 10.9. The highest BCUT2D eigenvalue weighted by molar-refractivity contribution is 7.90. The average Bonchev–Trinajstić information content (AvgIpc) is 3.10. The number of aryl methyl sites for hydroxylation is 1. The lowest BCUT2D eigenvalue weighted by Gasteiger charge is -2.46. The van der Waals surface area contributed by atoms with Gasteiger partial charge >= 0.3 is 0 Å². The Kier molecular flexibility index (Phi) is 4.57. The first-order valence-electron chi connectivity index (χ1n) is 9.35. The van der Waals surface area contributed by atoms with Gasteiger partial charge in [-0.2, -0.15) is 5.10 Å². The first-order chi connectivity index (χ1) is 14.1. The van der Waals surface area contributed by atoms with E-state index in [4.69, 9.17) is 5.41 Å². The molecule has 0 spiro atoms. The molecule has 158 valence electrons. The molecule has 0 saturated carbocycles. The molecule has 4 rings (SSSR count). The smallest absolute Gasteiger partial charge is 0.246 e. The molecule has 2 heterocycles.